The number of aromatic nitrogens is 4. The molecule has 0 saturated carbocycles. The third-order valence-electron chi connectivity index (χ3n) is 5.69. The van der Waals surface area contributed by atoms with E-state index in [0.717, 1.165) is 21.5 Å². The van der Waals surface area contributed by atoms with Crippen LogP contribution >= 0.6 is 19.2 Å². The first-order chi connectivity index (χ1) is 19.9. The molecular formula is C26H30N7O7PS. The van der Waals surface area contributed by atoms with Gasteiger partial charge in [0.05, 0.1) is 29.1 Å². The van der Waals surface area contributed by atoms with E-state index in [9.17, 15) is 14.2 Å². The maximum absolute atomic E-state index is 12.3. The highest BCUT2D eigenvalue weighted by atomic mass is 32.1. The van der Waals surface area contributed by atoms with Crippen LogP contribution in [0.1, 0.15) is 26.6 Å². The zero-order valence-electron chi connectivity index (χ0n) is 23.0. The van der Waals surface area contributed by atoms with E-state index in [1.54, 1.807) is 32.4 Å². The maximum Gasteiger partial charge on any atom is 0.469 e. The molecule has 222 valence electrons. The van der Waals surface area contributed by atoms with Gasteiger partial charge in [-0.1, -0.05) is 17.4 Å². The van der Waals surface area contributed by atoms with Gasteiger partial charge in [-0.15, -0.1) is 0 Å². The second-order valence-corrected chi connectivity index (χ2v) is 11.6. The molecule has 3 heterocycles. The molecule has 14 nitrogen and oxygen atoms in total. The van der Waals surface area contributed by atoms with Gasteiger partial charge in [0.2, 0.25) is 0 Å². The van der Waals surface area contributed by atoms with E-state index < -0.39 is 19.4 Å². The molecule has 1 aromatic carbocycles. The van der Waals surface area contributed by atoms with Crippen molar-refractivity contribution in [3.63, 3.8) is 0 Å². The fourth-order valence-corrected chi connectivity index (χ4v) is 5.14. The zero-order chi connectivity index (χ0) is 30.3. The summed E-state index contributed by atoms with van der Waals surface area (Å²) in [5, 5.41) is 8.60. The summed E-state index contributed by atoms with van der Waals surface area (Å²) in [6, 6.07) is 9.12. The quantitative estimate of drug-likeness (QED) is 0.0885. The Morgan fingerprint density at radius 1 is 1.10 bits per heavy atom. The Hall–Kier alpha value is -3.85. The predicted octanol–water partition coefficient (Wildman–Crippen LogP) is 3.43. The van der Waals surface area contributed by atoms with Crippen molar-refractivity contribution in [2.75, 3.05) is 31.6 Å². The number of urea groups is 1. The number of pyridine rings is 1. The summed E-state index contributed by atoms with van der Waals surface area (Å²) in [6.45, 7) is 5.19. The van der Waals surface area contributed by atoms with E-state index in [4.69, 9.17) is 14.5 Å². The number of hydrogen-bond donors (Lipinski definition) is 5. The predicted molar refractivity (Wildman–Crippen MR) is 157 cm³/mol. The number of esters is 1. The molecule has 3 aromatic heterocycles. The lowest BCUT2D eigenvalue weighted by Gasteiger charge is -2.23. The molecule has 0 aliphatic carbocycles. The number of phosphoric acid groups is 1. The lowest BCUT2D eigenvalue weighted by atomic mass is 10.0. The largest absolute Gasteiger partial charge is 0.469 e. The standard InChI is InChI=1S/C26H30N7O7PS/c1-4-28-24(35)33-25-32-20-12-16(11-18(22(20)42-25)19-7-5-6-8-29-19)17-13-30-23(31-14-17)26(2,3)40-21(34)15-27-9-10-39-41(36,37)38/h5-8,11-14,27H,4,9-10,15H2,1-3H3,(H2,36,37,38)(H2,28,32,33,35). The lowest BCUT2D eigenvalue weighted by molar-refractivity contribution is -0.157. The molecule has 4 rings (SSSR count). The van der Waals surface area contributed by atoms with Crippen molar-refractivity contribution in [1.82, 2.24) is 30.6 Å². The van der Waals surface area contributed by atoms with Gasteiger partial charge >= 0.3 is 19.8 Å². The second kappa shape index (κ2) is 13.4. The number of rotatable bonds is 12. The lowest BCUT2D eigenvalue weighted by Crippen LogP contribution is -2.34. The van der Waals surface area contributed by atoms with Crippen molar-refractivity contribution in [3.05, 3.63) is 54.7 Å². The minimum atomic E-state index is -4.56. The first kappa shape index (κ1) is 31.1. The number of carbonyl (C=O) groups excluding carboxylic acids is 2. The van der Waals surface area contributed by atoms with E-state index in [1.165, 1.54) is 11.3 Å². The smallest absolute Gasteiger partial charge is 0.450 e. The van der Waals surface area contributed by atoms with Crippen LogP contribution in [0, 0.1) is 0 Å². The number of phosphoric ester groups is 1. The van der Waals surface area contributed by atoms with Gasteiger partial charge in [0.25, 0.3) is 0 Å². The highest BCUT2D eigenvalue weighted by molar-refractivity contribution is 7.46. The Morgan fingerprint density at radius 3 is 2.52 bits per heavy atom. The van der Waals surface area contributed by atoms with Crippen molar-refractivity contribution < 1.29 is 33.2 Å². The Morgan fingerprint density at radius 2 is 1.86 bits per heavy atom. The fraction of sp³-hybridized carbons (Fsp3) is 0.308. The van der Waals surface area contributed by atoms with Crippen LogP contribution in [-0.2, 0) is 24.2 Å². The minimum absolute atomic E-state index is 0.0408. The number of nitrogens with one attached hydrogen (secondary N) is 3. The molecule has 0 atom stereocenters. The SMILES string of the molecule is CCNC(=O)Nc1nc2cc(-c3cnc(C(C)(C)OC(=O)CNCCOP(=O)(O)O)nc3)cc(-c3ccccn3)c2s1. The van der Waals surface area contributed by atoms with Crippen LogP contribution in [0.25, 0.3) is 32.6 Å². The highest BCUT2D eigenvalue weighted by Crippen LogP contribution is 2.38. The van der Waals surface area contributed by atoms with Gasteiger partial charge in [0, 0.05) is 42.8 Å². The first-order valence-corrected chi connectivity index (χ1v) is 15.2. The summed E-state index contributed by atoms with van der Waals surface area (Å²) in [6.07, 6.45) is 4.95. The summed E-state index contributed by atoms with van der Waals surface area (Å²) in [7, 11) is -4.56. The number of hydrogen-bond acceptors (Lipinski definition) is 11. The molecule has 0 radical (unpaired) electrons. The summed E-state index contributed by atoms with van der Waals surface area (Å²) in [5.74, 6) is -0.326. The maximum atomic E-state index is 12.3. The van der Waals surface area contributed by atoms with E-state index >= 15 is 0 Å². The summed E-state index contributed by atoms with van der Waals surface area (Å²) < 4.78 is 21.4. The molecule has 0 aliphatic rings. The van der Waals surface area contributed by atoms with E-state index in [0.29, 0.717) is 22.8 Å². The third-order valence-corrected chi connectivity index (χ3v) is 7.23. The van der Waals surface area contributed by atoms with Gasteiger partial charge < -0.3 is 25.2 Å². The van der Waals surface area contributed by atoms with Gasteiger partial charge in [0.15, 0.2) is 16.6 Å². The number of thiazole rings is 1. The molecule has 0 unspecified atom stereocenters. The van der Waals surface area contributed by atoms with E-state index in [-0.39, 0.29) is 31.6 Å². The molecular weight excluding hydrogens is 585 g/mol. The topological polar surface area (TPSA) is 198 Å². The monoisotopic (exact) mass is 615 g/mol. The van der Waals surface area contributed by atoms with Crippen LogP contribution in [0.5, 0.6) is 0 Å². The number of benzene rings is 1. The molecule has 0 aliphatic heterocycles. The molecule has 4 aromatic rings. The molecule has 16 heteroatoms. The Bertz CT molecular complexity index is 1590. The van der Waals surface area contributed by atoms with Crippen molar-refractivity contribution in [1.29, 1.82) is 0 Å². The Kier molecular flexibility index (Phi) is 9.93. The van der Waals surface area contributed by atoms with Crippen LogP contribution in [0.2, 0.25) is 0 Å². The highest BCUT2D eigenvalue weighted by Gasteiger charge is 2.28. The Labute approximate surface area is 245 Å². The van der Waals surface area contributed by atoms with Gasteiger partial charge in [-0.2, -0.15) is 0 Å². The number of fused-ring (bicyclic) bond motifs is 1. The van der Waals surface area contributed by atoms with Crippen LogP contribution in [0.3, 0.4) is 0 Å². The van der Waals surface area contributed by atoms with Crippen LogP contribution < -0.4 is 16.0 Å². The van der Waals surface area contributed by atoms with Crippen molar-refractivity contribution in [3.8, 4) is 22.4 Å². The van der Waals surface area contributed by atoms with Crippen molar-refractivity contribution in [2.24, 2.45) is 0 Å². The summed E-state index contributed by atoms with van der Waals surface area (Å²) in [4.78, 5) is 59.8. The van der Waals surface area contributed by atoms with Gasteiger partial charge in [-0.3, -0.25) is 19.6 Å². The van der Waals surface area contributed by atoms with Gasteiger partial charge in [0.1, 0.15) is 0 Å². The molecule has 42 heavy (non-hydrogen) atoms. The fourth-order valence-electron chi connectivity index (χ4n) is 3.85. The zero-order valence-corrected chi connectivity index (χ0v) is 24.7. The van der Waals surface area contributed by atoms with Crippen molar-refractivity contribution >= 4 is 46.5 Å². The van der Waals surface area contributed by atoms with Crippen molar-refractivity contribution in [2.45, 2.75) is 26.4 Å². The molecule has 2 amide bonds. The van der Waals surface area contributed by atoms with Crippen LogP contribution in [0.4, 0.5) is 9.93 Å². The number of anilines is 1. The van der Waals surface area contributed by atoms with Crippen LogP contribution in [0.15, 0.2) is 48.9 Å². The van der Waals surface area contributed by atoms with Crippen LogP contribution in [-0.4, -0.2) is 68.0 Å². The van der Waals surface area contributed by atoms with E-state index in [1.807, 2.05) is 37.3 Å². The number of amides is 2. The molecule has 0 bridgehead atoms. The molecule has 0 saturated heterocycles. The Balaban J connectivity index is 1.52. The average molecular weight is 616 g/mol. The molecule has 5 N–H and O–H groups in total. The number of carbonyl (C=O) groups is 2. The van der Waals surface area contributed by atoms with E-state index in [2.05, 4.69) is 40.4 Å². The van der Waals surface area contributed by atoms with Gasteiger partial charge in [-0.25, -0.2) is 24.3 Å². The van der Waals surface area contributed by atoms with Gasteiger partial charge in [-0.05, 0) is 50.6 Å². The normalized spacial score (nSPS) is 11.8. The number of ether oxygens (including phenoxy) is 1. The summed E-state index contributed by atoms with van der Waals surface area (Å²) in [5.41, 5.74) is 2.56. The first-order valence-electron chi connectivity index (χ1n) is 12.8. The third kappa shape index (κ3) is 8.35. The average Bonchev–Trinajstić information content (AvgIpc) is 3.34. The second-order valence-electron chi connectivity index (χ2n) is 9.37. The summed E-state index contributed by atoms with van der Waals surface area (Å²) >= 11 is 1.35. The number of nitrogens with zero attached hydrogens (tertiary/aromatic N) is 4. The molecule has 0 spiro atoms. The molecule has 0 fully saturated rings. The minimum Gasteiger partial charge on any atom is -0.450 e.